The second kappa shape index (κ2) is 8.52. The standard InChI is InChI=1S/C20H16F2N4O3S2/c21-13-6-5-12(16(22)10-13)9-14-11-24-20(30-14)25-18(27)7-8-23-19-15-3-1-2-4-17(15)31(28,29)26-19/h1-6,10-11H,7-9H2,(H,23,26)(H,24,25,27). The molecule has 1 amide bonds. The third kappa shape index (κ3) is 4.78. The van der Waals surface area contributed by atoms with Crippen LogP contribution in [-0.2, 0) is 21.2 Å². The molecule has 0 spiro atoms. The molecular weight excluding hydrogens is 446 g/mol. The largest absolute Gasteiger partial charge is 0.302 e. The highest BCUT2D eigenvalue weighted by Crippen LogP contribution is 2.24. The number of hydrogen-bond donors (Lipinski definition) is 2. The third-order valence-corrected chi connectivity index (χ3v) is 6.76. The lowest BCUT2D eigenvalue weighted by atomic mass is 10.1. The summed E-state index contributed by atoms with van der Waals surface area (Å²) in [5, 5.41) is 2.99. The Balaban J connectivity index is 1.34. The van der Waals surface area contributed by atoms with E-state index in [1.165, 1.54) is 35.7 Å². The summed E-state index contributed by atoms with van der Waals surface area (Å²) in [5.41, 5.74) is 0.804. The van der Waals surface area contributed by atoms with E-state index in [1.54, 1.807) is 18.2 Å². The van der Waals surface area contributed by atoms with Gasteiger partial charge < -0.3 is 5.32 Å². The van der Waals surface area contributed by atoms with Gasteiger partial charge >= 0.3 is 0 Å². The molecule has 160 valence electrons. The molecule has 0 atom stereocenters. The quantitative estimate of drug-likeness (QED) is 0.588. The predicted molar refractivity (Wildman–Crippen MR) is 113 cm³/mol. The molecule has 2 heterocycles. The van der Waals surface area contributed by atoms with Crippen LogP contribution in [0.3, 0.4) is 0 Å². The summed E-state index contributed by atoms with van der Waals surface area (Å²) < 4.78 is 53.3. The second-order valence-corrected chi connectivity index (χ2v) is 9.44. The number of aromatic nitrogens is 1. The normalized spacial score (nSPS) is 15.5. The highest BCUT2D eigenvalue weighted by Gasteiger charge is 2.29. The highest BCUT2D eigenvalue weighted by molar-refractivity contribution is 7.90. The molecule has 31 heavy (non-hydrogen) atoms. The van der Waals surface area contributed by atoms with Crippen LogP contribution in [0.5, 0.6) is 0 Å². The molecular formula is C20H16F2N4O3S2. The molecule has 7 nitrogen and oxygen atoms in total. The smallest absolute Gasteiger partial charge is 0.263 e. The van der Waals surface area contributed by atoms with Crippen LogP contribution in [0.1, 0.15) is 22.4 Å². The van der Waals surface area contributed by atoms with Gasteiger partial charge in [-0.1, -0.05) is 18.2 Å². The molecule has 1 aliphatic heterocycles. The summed E-state index contributed by atoms with van der Waals surface area (Å²) in [7, 11) is -3.62. The number of aliphatic imine (C=N–C) groups is 1. The molecule has 11 heteroatoms. The van der Waals surface area contributed by atoms with Gasteiger partial charge in [-0.2, -0.15) is 0 Å². The van der Waals surface area contributed by atoms with Crippen LogP contribution in [0.4, 0.5) is 13.9 Å². The van der Waals surface area contributed by atoms with E-state index in [1.807, 2.05) is 0 Å². The molecule has 2 aromatic carbocycles. The zero-order valence-corrected chi connectivity index (χ0v) is 17.6. The van der Waals surface area contributed by atoms with Gasteiger partial charge in [-0.3, -0.25) is 14.5 Å². The molecule has 1 aliphatic rings. The zero-order valence-electron chi connectivity index (χ0n) is 15.9. The van der Waals surface area contributed by atoms with Crippen LogP contribution < -0.4 is 10.0 Å². The van der Waals surface area contributed by atoms with Crippen LogP contribution in [0.25, 0.3) is 0 Å². The molecule has 4 rings (SSSR count). The Morgan fingerprint density at radius 2 is 2.00 bits per heavy atom. The lowest BCUT2D eigenvalue weighted by Crippen LogP contribution is -2.23. The van der Waals surface area contributed by atoms with E-state index >= 15 is 0 Å². The van der Waals surface area contributed by atoms with E-state index in [4.69, 9.17) is 0 Å². The summed E-state index contributed by atoms with van der Waals surface area (Å²) >= 11 is 1.19. The number of rotatable bonds is 6. The molecule has 0 unspecified atom stereocenters. The van der Waals surface area contributed by atoms with Crippen molar-refractivity contribution < 1.29 is 22.0 Å². The number of fused-ring (bicyclic) bond motifs is 1. The van der Waals surface area contributed by atoms with E-state index in [2.05, 4.69) is 20.0 Å². The predicted octanol–water partition coefficient (Wildman–Crippen LogP) is 3.08. The summed E-state index contributed by atoms with van der Waals surface area (Å²) in [5.74, 6) is -1.41. The molecule has 0 radical (unpaired) electrons. The van der Waals surface area contributed by atoms with Crippen LogP contribution >= 0.6 is 11.3 Å². The first-order valence-electron chi connectivity index (χ1n) is 9.17. The van der Waals surface area contributed by atoms with Crippen molar-refractivity contribution in [2.24, 2.45) is 4.99 Å². The van der Waals surface area contributed by atoms with E-state index in [0.717, 1.165) is 6.07 Å². The Bertz CT molecular complexity index is 1290. The number of anilines is 1. The first kappa shape index (κ1) is 21.1. The van der Waals surface area contributed by atoms with Crippen molar-refractivity contribution in [3.05, 3.63) is 76.3 Å². The van der Waals surface area contributed by atoms with Crippen molar-refractivity contribution in [1.82, 2.24) is 9.71 Å². The Morgan fingerprint density at radius 1 is 1.19 bits per heavy atom. The minimum Gasteiger partial charge on any atom is -0.302 e. The Labute approximate surface area is 180 Å². The first-order valence-corrected chi connectivity index (χ1v) is 11.5. The fraction of sp³-hybridized carbons (Fsp3) is 0.150. The van der Waals surface area contributed by atoms with Gasteiger partial charge in [0, 0.05) is 35.5 Å². The fourth-order valence-electron chi connectivity index (χ4n) is 3.00. The lowest BCUT2D eigenvalue weighted by Gasteiger charge is -2.02. The van der Waals surface area contributed by atoms with Crippen molar-refractivity contribution in [3.63, 3.8) is 0 Å². The van der Waals surface area contributed by atoms with Gasteiger partial charge in [0.25, 0.3) is 10.0 Å². The topological polar surface area (TPSA) is 101 Å². The Hall–Kier alpha value is -3.18. The minimum absolute atomic E-state index is 0.0227. The summed E-state index contributed by atoms with van der Waals surface area (Å²) in [6.45, 7) is 0.0804. The van der Waals surface area contributed by atoms with Crippen LogP contribution in [-0.4, -0.2) is 31.7 Å². The Kier molecular flexibility index (Phi) is 5.79. The van der Waals surface area contributed by atoms with E-state index in [-0.39, 0.29) is 36.0 Å². The molecule has 0 fully saturated rings. The monoisotopic (exact) mass is 462 g/mol. The fourth-order valence-corrected chi connectivity index (χ4v) is 5.10. The van der Waals surface area contributed by atoms with Crippen molar-refractivity contribution in [2.45, 2.75) is 17.7 Å². The summed E-state index contributed by atoms with van der Waals surface area (Å²) in [6.07, 6.45) is 1.77. The van der Waals surface area contributed by atoms with Gasteiger partial charge in [-0.25, -0.2) is 22.2 Å². The molecule has 2 N–H and O–H groups in total. The SMILES string of the molecule is O=C(CCN=C1NS(=O)(=O)c2ccccc21)Nc1ncc(Cc2ccc(F)cc2F)s1. The zero-order chi connectivity index (χ0) is 22.0. The minimum atomic E-state index is -3.62. The molecule has 0 bridgehead atoms. The number of sulfonamides is 1. The van der Waals surface area contributed by atoms with Crippen molar-refractivity contribution in [2.75, 3.05) is 11.9 Å². The van der Waals surface area contributed by atoms with E-state index in [0.29, 0.717) is 21.1 Å². The number of carbonyl (C=O) groups excluding carboxylic acids is 1. The number of carbonyl (C=O) groups is 1. The molecule has 0 saturated carbocycles. The molecule has 0 aliphatic carbocycles. The van der Waals surface area contributed by atoms with Gasteiger partial charge in [-0.05, 0) is 23.8 Å². The maximum atomic E-state index is 13.8. The van der Waals surface area contributed by atoms with Crippen molar-refractivity contribution in [3.8, 4) is 0 Å². The van der Waals surface area contributed by atoms with Crippen molar-refractivity contribution >= 4 is 38.2 Å². The van der Waals surface area contributed by atoms with Crippen LogP contribution in [0.2, 0.25) is 0 Å². The number of amides is 1. The Morgan fingerprint density at radius 3 is 2.81 bits per heavy atom. The summed E-state index contributed by atoms with van der Waals surface area (Å²) in [4.78, 5) is 21.3. The van der Waals surface area contributed by atoms with Crippen LogP contribution in [0, 0.1) is 11.6 Å². The lowest BCUT2D eigenvalue weighted by molar-refractivity contribution is -0.116. The van der Waals surface area contributed by atoms with Gasteiger partial charge in [-0.15, -0.1) is 11.3 Å². The summed E-state index contributed by atoms with van der Waals surface area (Å²) in [6, 6.07) is 9.85. The van der Waals surface area contributed by atoms with Crippen molar-refractivity contribution in [1.29, 1.82) is 0 Å². The number of amidine groups is 1. The molecule has 0 saturated heterocycles. The van der Waals surface area contributed by atoms with Crippen LogP contribution in [0.15, 0.2) is 58.5 Å². The second-order valence-electron chi connectivity index (χ2n) is 6.67. The maximum absolute atomic E-state index is 13.8. The molecule has 1 aromatic heterocycles. The maximum Gasteiger partial charge on any atom is 0.263 e. The average molecular weight is 463 g/mol. The number of nitrogens with one attached hydrogen (secondary N) is 2. The van der Waals surface area contributed by atoms with E-state index in [9.17, 15) is 22.0 Å². The van der Waals surface area contributed by atoms with Gasteiger partial charge in [0.2, 0.25) is 5.91 Å². The van der Waals surface area contributed by atoms with Gasteiger partial charge in [0.15, 0.2) is 5.13 Å². The molecule has 3 aromatic rings. The number of thiazole rings is 1. The number of nitrogens with zero attached hydrogens (tertiary/aromatic N) is 2. The van der Waals surface area contributed by atoms with Gasteiger partial charge in [0.05, 0.1) is 11.4 Å². The number of benzene rings is 2. The van der Waals surface area contributed by atoms with E-state index < -0.39 is 21.7 Å². The van der Waals surface area contributed by atoms with Gasteiger partial charge in [0.1, 0.15) is 17.5 Å². The number of halogens is 2. The third-order valence-electron chi connectivity index (χ3n) is 4.45. The highest BCUT2D eigenvalue weighted by atomic mass is 32.2. The first-order chi connectivity index (χ1) is 14.8. The average Bonchev–Trinajstić information content (AvgIpc) is 3.26. The number of hydrogen-bond acceptors (Lipinski definition) is 6.